The van der Waals surface area contributed by atoms with Gasteiger partial charge in [-0.25, -0.2) is 0 Å². The van der Waals surface area contributed by atoms with Crippen LogP contribution in [0, 0.1) is 0 Å². The third kappa shape index (κ3) is 4.99. The molecule has 1 aliphatic rings. The maximum Gasteiger partial charge on any atom is 0.143 e. The topological polar surface area (TPSA) is 16.4 Å². The van der Waals surface area contributed by atoms with Gasteiger partial charge in [0.05, 0.1) is 5.69 Å². The predicted molar refractivity (Wildman–Crippen MR) is 202 cm³/mol. The molecule has 0 saturated carbocycles. The number of anilines is 3. The fourth-order valence-corrected chi connectivity index (χ4v) is 7.13. The van der Waals surface area contributed by atoms with E-state index in [1.54, 1.807) is 0 Å². The highest BCUT2D eigenvalue weighted by atomic mass is 16.3. The zero-order valence-electron chi connectivity index (χ0n) is 26.5. The zero-order chi connectivity index (χ0) is 31.9. The lowest BCUT2D eigenvalue weighted by Gasteiger charge is -2.28. The van der Waals surface area contributed by atoms with E-state index in [-0.39, 0.29) is 0 Å². The second-order valence-electron chi connectivity index (χ2n) is 12.5. The van der Waals surface area contributed by atoms with Crippen molar-refractivity contribution in [3.63, 3.8) is 0 Å². The Hall–Kier alpha value is -6.12. The molecule has 0 spiro atoms. The molecule has 0 bridgehead atoms. The number of hydrogen-bond donors (Lipinski definition) is 0. The highest BCUT2D eigenvalue weighted by Crippen LogP contribution is 2.46. The van der Waals surface area contributed by atoms with Crippen LogP contribution in [0.25, 0.3) is 55.0 Å². The van der Waals surface area contributed by atoms with Crippen LogP contribution in [0.2, 0.25) is 0 Å². The van der Waals surface area contributed by atoms with Gasteiger partial charge in [-0.15, -0.1) is 0 Å². The van der Waals surface area contributed by atoms with E-state index in [2.05, 4.69) is 187 Å². The van der Waals surface area contributed by atoms with E-state index >= 15 is 0 Å². The number of rotatable bonds is 6. The van der Waals surface area contributed by atoms with E-state index in [1.165, 1.54) is 22.1 Å². The van der Waals surface area contributed by atoms with Gasteiger partial charge >= 0.3 is 0 Å². The minimum absolute atomic E-state index is 0.393. The summed E-state index contributed by atoms with van der Waals surface area (Å²) in [4.78, 5) is 2.38. The molecule has 0 fully saturated rings. The fourth-order valence-electron chi connectivity index (χ4n) is 7.13. The molecule has 8 aromatic rings. The highest BCUT2D eigenvalue weighted by molar-refractivity contribution is 6.16. The zero-order valence-corrected chi connectivity index (χ0v) is 26.5. The molecule has 2 heteroatoms. The molecule has 9 rings (SSSR count). The van der Waals surface area contributed by atoms with Crippen molar-refractivity contribution >= 4 is 49.8 Å². The summed E-state index contributed by atoms with van der Waals surface area (Å²) in [6, 6.07) is 56.7. The molecule has 0 amide bonds. The Balaban J connectivity index is 1.27. The van der Waals surface area contributed by atoms with Crippen molar-refractivity contribution in [2.45, 2.75) is 12.3 Å². The van der Waals surface area contributed by atoms with Crippen LogP contribution in [-0.2, 0) is 0 Å². The van der Waals surface area contributed by atoms with Crippen LogP contribution in [0.1, 0.15) is 17.9 Å². The smallest absolute Gasteiger partial charge is 0.143 e. The second kappa shape index (κ2) is 11.9. The maximum absolute atomic E-state index is 6.75. The van der Waals surface area contributed by atoms with Crippen molar-refractivity contribution < 1.29 is 4.42 Å². The van der Waals surface area contributed by atoms with Crippen molar-refractivity contribution in [3.05, 3.63) is 188 Å². The number of hydrogen-bond acceptors (Lipinski definition) is 2. The molecule has 0 N–H and O–H groups in total. The van der Waals surface area contributed by atoms with Crippen LogP contribution >= 0.6 is 0 Å². The average molecular weight is 616 g/mol. The lowest BCUT2D eigenvalue weighted by molar-refractivity contribution is 0.673. The van der Waals surface area contributed by atoms with Gasteiger partial charge in [-0.3, -0.25) is 0 Å². The third-order valence-corrected chi connectivity index (χ3v) is 9.60. The molecule has 0 saturated heterocycles. The molecule has 2 nitrogen and oxygen atoms in total. The quantitative estimate of drug-likeness (QED) is 0.185. The Morgan fingerprint density at radius 3 is 1.92 bits per heavy atom. The van der Waals surface area contributed by atoms with E-state index in [1.807, 2.05) is 0 Å². The van der Waals surface area contributed by atoms with Crippen molar-refractivity contribution in [1.82, 2.24) is 0 Å². The van der Waals surface area contributed by atoms with E-state index in [9.17, 15) is 0 Å². The fraction of sp³-hybridized carbons (Fsp3) is 0.0435. The number of nitrogens with zero attached hydrogens (tertiary/aromatic N) is 1. The van der Waals surface area contributed by atoms with Crippen molar-refractivity contribution in [2.75, 3.05) is 4.90 Å². The largest absolute Gasteiger partial charge is 0.455 e. The molecule has 1 aromatic heterocycles. The van der Waals surface area contributed by atoms with Gasteiger partial charge in [0.15, 0.2) is 0 Å². The predicted octanol–water partition coefficient (Wildman–Crippen LogP) is 13.1. The molecule has 0 aliphatic heterocycles. The van der Waals surface area contributed by atoms with Crippen LogP contribution < -0.4 is 4.90 Å². The summed E-state index contributed by atoms with van der Waals surface area (Å²) in [5.41, 5.74) is 11.1. The summed E-state index contributed by atoms with van der Waals surface area (Å²) in [6.45, 7) is 0. The van der Waals surface area contributed by atoms with E-state index < -0.39 is 0 Å². The first-order valence-corrected chi connectivity index (χ1v) is 16.6. The molecule has 48 heavy (non-hydrogen) atoms. The first-order valence-electron chi connectivity index (χ1n) is 16.6. The summed E-state index contributed by atoms with van der Waals surface area (Å²) in [7, 11) is 0. The van der Waals surface area contributed by atoms with Crippen LogP contribution in [0.4, 0.5) is 17.1 Å². The molecule has 1 unspecified atom stereocenters. The number of allylic oxidation sites excluding steroid dienone is 4. The van der Waals surface area contributed by atoms with Crippen molar-refractivity contribution in [3.8, 4) is 22.3 Å². The van der Waals surface area contributed by atoms with E-state index in [0.717, 1.165) is 61.9 Å². The Morgan fingerprint density at radius 1 is 0.521 bits per heavy atom. The molecular formula is C46H33NO. The first-order chi connectivity index (χ1) is 23.8. The number of fused-ring (bicyclic) bond motifs is 5. The van der Waals surface area contributed by atoms with Gasteiger partial charge in [-0.2, -0.15) is 0 Å². The van der Waals surface area contributed by atoms with Crippen molar-refractivity contribution in [1.29, 1.82) is 0 Å². The van der Waals surface area contributed by atoms with Gasteiger partial charge in [0, 0.05) is 45.1 Å². The Bertz CT molecular complexity index is 2450. The molecule has 1 heterocycles. The molecular weight excluding hydrogens is 583 g/mol. The van der Waals surface area contributed by atoms with Crippen LogP contribution in [0.5, 0.6) is 0 Å². The Morgan fingerprint density at radius 2 is 1.19 bits per heavy atom. The maximum atomic E-state index is 6.75. The van der Waals surface area contributed by atoms with Crippen LogP contribution in [0.3, 0.4) is 0 Å². The SMILES string of the molecule is C1=CCC(c2ccc(N(c3ccc(-c4ccccc4)cc3)c3cc4oc5c6ccccc6ccc5c4cc3-c3ccccc3)cc2)C=C1. The molecule has 228 valence electrons. The molecule has 1 atom stereocenters. The Labute approximate surface area is 280 Å². The van der Waals surface area contributed by atoms with E-state index in [0.29, 0.717) is 5.92 Å². The summed E-state index contributed by atoms with van der Waals surface area (Å²) in [5, 5.41) is 4.55. The highest BCUT2D eigenvalue weighted by Gasteiger charge is 2.22. The summed E-state index contributed by atoms with van der Waals surface area (Å²) in [5.74, 6) is 0.393. The number of benzene rings is 7. The third-order valence-electron chi connectivity index (χ3n) is 9.60. The van der Waals surface area contributed by atoms with Gasteiger partial charge in [0.1, 0.15) is 11.2 Å². The van der Waals surface area contributed by atoms with Crippen LogP contribution in [0.15, 0.2) is 186 Å². The van der Waals surface area contributed by atoms with Gasteiger partial charge in [0.25, 0.3) is 0 Å². The summed E-state index contributed by atoms with van der Waals surface area (Å²) >= 11 is 0. The lowest BCUT2D eigenvalue weighted by Crippen LogP contribution is -2.11. The van der Waals surface area contributed by atoms with Gasteiger partial charge < -0.3 is 9.32 Å². The summed E-state index contributed by atoms with van der Waals surface area (Å²) < 4.78 is 6.75. The van der Waals surface area contributed by atoms with Gasteiger partial charge in [-0.05, 0) is 70.5 Å². The molecule has 0 radical (unpaired) electrons. The van der Waals surface area contributed by atoms with Gasteiger partial charge in [-0.1, -0.05) is 140 Å². The molecule has 7 aromatic carbocycles. The van der Waals surface area contributed by atoms with Crippen molar-refractivity contribution in [2.24, 2.45) is 0 Å². The molecule has 1 aliphatic carbocycles. The summed E-state index contributed by atoms with van der Waals surface area (Å²) in [6.07, 6.45) is 9.85. The standard InChI is InChI=1S/C46H33NO/c1-4-12-32(13-5-1)34-20-25-38(26-21-34)47(39-27-22-35(23-28-39)33-14-6-2-7-15-33)44-31-45-43(30-42(44)36-16-8-3-9-17-36)41-29-24-37-18-10-11-19-40(37)46(41)48-45/h1-14,16-31,33H,15H2. The normalized spacial score (nSPS) is 14.2. The first kappa shape index (κ1) is 28.1. The lowest BCUT2D eigenvalue weighted by atomic mass is 9.92. The second-order valence-corrected chi connectivity index (χ2v) is 12.5. The average Bonchev–Trinajstić information content (AvgIpc) is 3.54. The number of furan rings is 1. The minimum atomic E-state index is 0.393. The minimum Gasteiger partial charge on any atom is -0.455 e. The Kier molecular flexibility index (Phi) is 6.98. The van der Waals surface area contributed by atoms with Crippen LogP contribution in [-0.4, -0.2) is 0 Å². The monoisotopic (exact) mass is 615 g/mol. The van der Waals surface area contributed by atoms with Gasteiger partial charge in [0.2, 0.25) is 0 Å². The van der Waals surface area contributed by atoms with E-state index in [4.69, 9.17) is 4.42 Å².